The standard InChI is InChI=1S/C19H36N6O6S/c1-3-10(2)15(22)18(29)23-11(6-4-5-7-20)16(27)25-13(9-32)17(28)24-12(19(30)31)8-14(21)26/h10-13,15,32H,3-9,20,22H2,1-2H3,(H2,21,26)(H,23,29)(H,24,28)(H,25,27)(H,30,31). The lowest BCUT2D eigenvalue weighted by atomic mass is 9.98. The van der Waals surface area contributed by atoms with Crippen molar-refractivity contribution >= 4 is 42.2 Å². The Bertz CT molecular complexity index is 664. The quantitative estimate of drug-likeness (QED) is 0.0902. The Kier molecular flexibility index (Phi) is 14.3. The monoisotopic (exact) mass is 476 g/mol. The van der Waals surface area contributed by atoms with Crippen molar-refractivity contribution in [2.45, 2.75) is 70.1 Å². The van der Waals surface area contributed by atoms with Crippen LogP contribution in [0, 0.1) is 5.92 Å². The molecule has 0 spiro atoms. The number of hydrogen-bond acceptors (Lipinski definition) is 8. The lowest BCUT2D eigenvalue weighted by molar-refractivity contribution is -0.143. The molecule has 0 radical (unpaired) electrons. The Hall–Kier alpha value is -2.38. The summed E-state index contributed by atoms with van der Waals surface area (Å²) < 4.78 is 0. The van der Waals surface area contributed by atoms with Gasteiger partial charge in [-0.15, -0.1) is 0 Å². The van der Waals surface area contributed by atoms with Crippen molar-refractivity contribution in [3.63, 3.8) is 0 Å². The summed E-state index contributed by atoms with van der Waals surface area (Å²) in [5, 5.41) is 16.4. The van der Waals surface area contributed by atoms with Crippen LogP contribution in [0.25, 0.3) is 0 Å². The molecule has 0 rings (SSSR count). The van der Waals surface area contributed by atoms with Gasteiger partial charge in [-0.2, -0.15) is 12.6 Å². The Labute approximate surface area is 193 Å². The minimum atomic E-state index is -1.55. The van der Waals surface area contributed by atoms with Gasteiger partial charge in [-0.25, -0.2) is 4.79 Å². The molecule has 12 nitrogen and oxygen atoms in total. The Morgan fingerprint density at radius 1 is 0.938 bits per heavy atom. The number of carboxylic acids is 1. The molecule has 5 atom stereocenters. The second-order valence-corrected chi connectivity index (χ2v) is 7.94. The topological polar surface area (TPSA) is 220 Å². The SMILES string of the molecule is CCC(C)C(N)C(=O)NC(CCCCN)C(=O)NC(CS)C(=O)NC(CC(N)=O)C(=O)O. The summed E-state index contributed by atoms with van der Waals surface area (Å²) in [7, 11) is 0. The zero-order valence-electron chi connectivity index (χ0n) is 18.5. The maximum absolute atomic E-state index is 12.8. The van der Waals surface area contributed by atoms with Crippen LogP contribution in [0.5, 0.6) is 0 Å². The maximum atomic E-state index is 12.8. The number of thiol groups is 1. The van der Waals surface area contributed by atoms with Crippen LogP contribution in [0.2, 0.25) is 0 Å². The molecule has 0 aromatic rings. The van der Waals surface area contributed by atoms with E-state index in [1.807, 2.05) is 13.8 Å². The molecular formula is C19H36N6O6S. The van der Waals surface area contributed by atoms with Crippen molar-refractivity contribution in [1.29, 1.82) is 0 Å². The molecule has 0 aromatic heterocycles. The summed E-state index contributed by atoms with van der Waals surface area (Å²) in [6, 6.07) is -4.54. The number of aliphatic carboxylic acids is 1. The van der Waals surface area contributed by atoms with Crippen molar-refractivity contribution in [3.8, 4) is 0 Å². The molecule has 0 aliphatic rings. The predicted molar refractivity (Wildman–Crippen MR) is 121 cm³/mol. The normalized spacial score (nSPS) is 15.5. The highest BCUT2D eigenvalue weighted by Gasteiger charge is 2.30. The molecule has 0 aliphatic carbocycles. The second kappa shape index (κ2) is 15.4. The fraction of sp³-hybridized carbons (Fsp3) is 0.737. The van der Waals surface area contributed by atoms with Gasteiger partial charge in [0.2, 0.25) is 23.6 Å². The van der Waals surface area contributed by atoms with Crippen molar-refractivity contribution in [2.24, 2.45) is 23.1 Å². The fourth-order valence-corrected chi connectivity index (χ4v) is 2.94. The number of nitrogens with two attached hydrogens (primary N) is 3. The molecule has 0 aliphatic heterocycles. The number of rotatable bonds is 16. The smallest absolute Gasteiger partial charge is 0.326 e. The van der Waals surface area contributed by atoms with Gasteiger partial charge >= 0.3 is 5.97 Å². The number of carbonyl (C=O) groups excluding carboxylic acids is 4. The highest BCUT2D eigenvalue weighted by atomic mass is 32.1. The van der Waals surface area contributed by atoms with Gasteiger partial charge in [-0.1, -0.05) is 20.3 Å². The third-order valence-electron chi connectivity index (χ3n) is 4.98. The molecule has 0 heterocycles. The van der Waals surface area contributed by atoms with E-state index in [-0.39, 0.29) is 18.1 Å². The zero-order chi connectivity index (χ0) is 24.8. The predicted octanol–water partition coefficient (Wildman–Crippen LogP) is -2.17. The number of hydrogen-bond donors (Lipinski definition) is 8. The molecule has 0 aromatic carbocycles. The number of nitrogens with one attached hydrogen (secondary N) is 3. The third kappa shape index (κ3) is 10.8. The van der Waals surface area contributed by atoms with Crippen LogP contribution in [0.15, 0.2) is 0 Å². The summed E-state index contributed by atoms with van der Waals surface area (Å²) in [6.07, 6.45) is 1.50. The van der Waals surface area contributed by atoms with E-state index in [1.54, 1.807) is 0 Å². The number of carboxylic acid groups (broad SMARTS) is 1. The lowest BCUT2D eigenvalue weighted by Crippen LogP contribution is -2.58. The van der Waals surface area contributed by atoms with Gasteiger partial charge in [0, 0.05) is 5.75 Å². The molecule has 4 amide bonds. The van der Waals surface area contributed by atoms with E-state index < -0.39 is 60.2 Å². The van der Waals surface area contributed by atoms with Crippen LogP contribution >= 0.6 is 12.6 Å². The van der Waals surface area contributed by atoms with Crippen LogP contribution in [0.1, 0.15) is 46.0 Å². The minimum absolute atomic E-state index is 0.100. The van der Waals surface area contributed by atoms with E-state index in [0.717, 1.165) is 0 Å². The largest absolute Gasteiger partial charge is 0.480 e. The summed E-state index contributed by atoms with van der Waals surface area (Å²) in [4.78, 5) is 59.9. The average molecular weight is 477 g/mol. The summed E-state index contributed by atoms with van der Waals surface area (Å²) in [6.45, 7) is 4.12. The van der Waals surface area contributed by atoms with E-state index in [4.69, 9.17) is 22.3 Å². The first-order valence-electron chi connectivity index (χ1n) is 10.5. The lowest BCUT2D eigenvalue weighted by Gasteiger charge is -2.25. The van der Waals surface area contributed by atoms with E-state index in [9.17, 15) is 24.0 Å². The van der Waals surface area contributed by atoms with E-state index >= 15 is 0 Å². The first-order chi connectivity index (χ1) is 15.0. The molecule has 0 saturated carbocycles. The van der Waals surface area contributed by atoms with Gasteiger partial charge in [0.25, 0.3) is 0 Å². The Morgan fingerprint density at radius 3 is 1.94 bits per heavy atom. The first kappa shape index (κ1) is 29.6. The Balaban J connectivity index is 5.29. The number of unbranched alkanes of at least 4 members (excludes halogenated alkanes) is 1. The van der Waals surface area contributed by atoms with Crippen molar-refractivity contribution in [3.05, 3.63) is 0 Å². The van der Waals surface area contributed by atoms with Crippen molar-refractivity contribution in [1.82, 2.24) is 16.0 Å². The Morgan fingerprint density at radius 2 is 1.47 bits per heavy atom. The van der Waals surface area contributed by atoms with Gasteiger partial charge in [0.1, 0.15) is 18.1 Å². The van der Waals surface area contributed by atoms with Gasteiger partial charge in [-0.05, 0) is 31.7 Å². The van der Waals surface area contributed by atoms with Gasteiger partial charge in [0.15, 0.2) is 0 Å². The first-order valence-corrected chi connectivity index (χ1v) is 11.1. The number of amides is 4. The molecular weight excluding hydrogens is 440 g/mol. The van der Waals surface area contributed by atoms with Gasteiger partial charge in [0.05, 0.1) is 12.5 Å². The van der Waals surface area contributed by atoms with E-state index in [1.165, 1.54) is 0 Å². The maximum Gasteiger partial charge on any atom is 0.326 e. The van der Waals surface area contributed by atoms with Crippen LogP contribution < -0.4 is 33.2 Å². The zero-order valence-corrected chi connectivity index (χ0v) is 19.4. The molecule has 0 fully saturated rings. The van der Waals surface area contributed by atoms with Crippen LogP contribution in [-0.2, 0) is 24.0 Å². The molecule has 0 saturated heterocycles. The number of carbonyl (C=O) groups is 5. The summed E-state index contributed by atoms with van der Waals surface area (Å²) in [5.41, 5.74) is 16.4. The van der Waals surface area contributed by atoms with E-state index in [0.29, 0.717) is 25.8 Å². The van der Waals surface area contributed by atoms with Gasteiger partial charge < -0.3 is 38.3 Å². The summed E-state index contributed by atoms with van der Waals surface area (Å²) in [5.74, 6) is -4.62. The van der Waals surface area contributed by atoms with Crippen LogP contribution in [0.4, 0.5) is 0 Å². The molecule has 184 valence electrons. The second-order valence-electron chi connectivity index (χ2n) is 7.57. The van der Waals surface area contributed by atoms with Crippen molar-refractivity contribution < 1.29 is 29.1 Å². The average Bonchev–Trinajstić information content (AvgIpc) is 2.74. The van der Waals surface area contributed by atoms with Gasteiger partial charge in [-0.3, -0.25) is 19.2 Å². The molecule has 10 N–H and O–H groups in total. The minimum Gasteiger partial charge on any atom is -0.480 e. The molecule has 5 unspecified atom stereocenters. The summed E-state index contributed by atoms with van der Waals surface area (Å²) >= 11 is 4.03. The highest BCUT2D eigenvalue weighted by Crippen LogP contribution is 2.08. The van der Waals surface area contributed by atoms with Crippen LogP contribution in [-0.4, -0.2) is 71.2 Å². The molecule has 0 bridgehead atoms. The van der Waals surface area contributed by atoms with E-state index in [2.05, 4.69) is 28.6 Å². The molecule has 13 heteroatoms. The third-order valence-corrected chi connectivity index (χ3v) is 5.34. The fourth-order valence-electron chi connectivity index (χ4n) is 2.68. The van der Waals surface area contributed by atoms with Crippen molar-refractivity contribution in [2.75, 3.05) is 12.3 Å². The van der Waals surface area contributed by atoms with Crippen LogP contribution in [0.3, 0.4) is 0 Å². The highest BCUT2D eigenvalue weighted by molar-refractivity contribution is 7.80. The molecule has 32 heavy (non-hydrogen) atoms. The number of primary amides is 1.